The summed E-state index contributed by atoms with van der Waals surface area (Å²) in [4.78, 5) is 33.4. The number of likely N-dealkylation sites (N-methyl/N-ethyl adjacent to an activating group) is 1. The Morgan fingerprint density at radius 2 is 1.69 bits per heavy atom. The molecule has 0 bridgehead atoms. The monoisotopic (exact) mass is 695 g/mol. The van der Waals surface area contributed by atoms with Crippen molar-refractivity contribution < 1.29 is 42.9 Å². The lowest BCUT2D eigenvalue weighted by molar-refractivity contribution is -0.138. The van der Waals surface area contributed by atoms with Gasteiger partial charge in [-0.05, 0) is 85.2 Å². The molecule has 0 spiro atoms. The van der Waals surface area contributed by atoms with E-state index in [0.717, 1.165) is 49.6 Å². The standard InChI is InChI=1S/C37H40F4N4O2S/c1-4-43(5-2)19-20-44(22-26-9-13-28(14-10-26)29-15-18-32(25(3)21-29)37(39,40)41)34(46)23-45-33-8-6-7-31(33)35(47)42-36(45)48-24-27-11-16-30(38)17-12-27/h9-18,21H,4-8,19-20,22-24H2,1-3H3/i4D2,5D2,9D,10D,13D,14D,15D,18D,21D,23D2,24D2. The molecule has 1 heterocycles. The summed E-state index contributed by atoms with van der Waals surface area (Å²) >= 11 is 0.240. The van der Waals surface area contributed by atoms with Gasteiger partial charge in [0.15, 0.2) is 5.16 Å². The molecule has 0 unspecified atom stereocenters. The molecule has 1 aliphatic rings. The third kappa shape index (κ3) is 8.54. The van der Waals surface area contributed by atoms with E-state index in [0.29, 0.717) is 16.2 Å². The van der Waals surface area contributed by atoms with Crippen LogP contribution in [0.5, 0.6) is 0 Å². The van der Waals surface area contributed by atoms with Crippen LogP contribution in [0.4, 0.5) is 17.6 Å². The van der Waals surface area contributed by atoms with E-state index in [4.69, 9.17) is 17.8 Å². The second-order valence-corrected chi connectivity index (χ2v) is 11.3. The van der Waals surface area contributed by atoms with Crippen molar-refractivity contribution in [1.82, 2.24) is 19.4 Å². The summed E-state index contributed by atoms with van der Waals surface area (Å²) in [5.74, 6) is -2.21. The van der Waals surface area contributed by atoms with E-state index in [2.05, 4.69) is 4.98 Å². The van der Waals surface area contributed by atoms with Crippen LogP contribution >= 0.6 is 11.8 Å². The summed E-state index contributed by atoms with van der Waals surface area (Å²) in [5.41, 5.74) is -8.10. The molecule has 5 rings (SSSR count). The molecule has 1 aliphatic carbocycles. The normalized spacial score (nSPS) is 18.5. The van der Waals surface area contributed by atoms with Gasteiger partial charge < -0.3 is 14.4 Å². The smallest absolute Gasteiger partial charge is 0.336 e. The van der Waals surface area contributed by atoms with Gasteiger partial charge in [0.05, 0.1) is 17.9 Å². The molecule has 11 heteroatoms. The Balaban J connectivity index is 1.70. The van der Waals surface area contributed by atoms with Crippen LogP contribution in [0.25, 0.3) is 11.1 Å². The van der Waals surface area contributed by atoms with Crippen LogP contribution in [-0.4, -0.2) is 51.3 Å². The summed E-state index contributed by atoms with van der Waals surface area (Å²) in [7, 11) is 0. The SMILES string of the molecule is [2H]c1c([2H])c(-c2c([2H])c([2H])c(C(F)(F)F)c(C)c2[2H])c([2H])c([2H])c1CN(CCN(C([2H])([2H])C)C([2H])([2H])C)C(=O)C([2H])([2H])n1c(SC([2H])([2H])c2ccc(F)cc2)nc(=O)c2c1CCC2. The van der Waals surface area contributed by atoms with E-state index < -0.39 is 144 Å². The lowest BCUT2D eigenvalue weighted by Gasteiger charge is -2.28. The Hall–Kier alpha value is -3.96. The fourth-order valence-corrected chi connectivity index (χ4v) is 5.67. The highest BCUT2D eigenvalue weighted by atomic mass is 32.2. The van der Waals surface area contributed by atoms with Crippen molar-refractivity contribution in [1.29, 1.82) is 0 Å². The molecule has 0 N–H and O–H groups in total. The largest absolute Gasteiger partial charge is 0.416 e. The minimum atomic E-state index is -5.16. The second kappa shape index (κ2) is 15.5. The van der Waals surface area contributed by atoms with Crippen LogP contribution in [0, 0.1) is 12.7 Å². The van der Waals surface area contributed by atoms with Crippen LogP contribution in [0.2, 0.25) is 0 Å². The summed E-state index contributed by atoms with van der Waals surface area (Å²) in [6, 6.07) is -3.29. The molecular weight excluding hydrogens is 640 g/mol. The second-order valence-electron chi connectivity index (χ2n) is 10.6. The first-order valence-corrected chi connectivity index (χ1v) is 15.5. The zero-order valence-corrected chi connectivity index (χ0v) is 26.9. The van der Waals surface area contributed by atoms with Crippen molar-refractivity contribution in [2.45, 2.75) is 70.1 Å². The van der Waals surface area contributed by atoms with E-state index >= 15 is 0 Å². The molecular formula is C37H40F4N4O2S. The first kappa shape index (κ1) is 20.5. The maximum absolute atomic E-state index is 14.8. The van der Waals surface area contributed by atoms with Gasteiger partial charge in [-0.2, -0.15) is 18.2 Å². The highest BCUT2D eigenvalue weighted by molar-refractivity contribution is 7.98. The van der Waals surface area contributed by atoms with Crippen molar-refractivity contribution in [3.8, 4) is 11.1 Å². The van der Waals surface area contributed by atoms with E-state index in [1.807, 2.05) is 0 Å². The number of nitrogens with zero attached hydrogens (tertiary/aromatic N) is 4. The van der Waals surface area contributed by atoms with E-state index in [1.165, 1.54) is 0 Å². The van der Waals surface area contributed by atoms with Gasteiger partial charge in [0.25, 0.3) is 5.56 Å². The van der Waals surface area contributed by atoms with Crippen LogP contribution in [0.1, 0.15) is 74.3 Å². The van der Waals surface area contributed by atoms with Gasteiger partial charge in [-0.3, -0.25) is 9.59 Å². The van der Waals surface area contributed by atoms with Gasteiger partial charge in [0.2, 0.25) is 5.91 Å². The molecule has 3 aromatic carbocycles. The van der Waals surface area contributed by atoms with Gasteiger partial charge >= 0.3 is 6.18 Å². The van der Waals surface area contributed by atoms with Crippen LogP contribution in [-0.2, 0) is 42.6 Å². The number of benzene rings is 3. The predicted molar refractivity (Wildman–Crippen MR) is 181 cm³/mol. The zero-order valence-electron chi connectivity index (χ0n) is 41.1. The maximum atomic E-state index is 14.8. The molecule has 0 saturated heterocycles. The fraction of sp³-hybridized carbons (Fsp3) is 0.378. The van der Waals surface area contributed by atoms with Crippen LogP contribution in [0.3, 0.4) is 0 Å². The van der Waals surface area contributed by atoms with Crippen molar-refractivity contribution >= 4 is 17.7 Å². The number of aromatic nitrogens is 2. The summed E-state index contributed by atoms with van der Waals surface area (Å²) < 4.78 is 186. The third-order valence-electron chi connectivity index (χ3n) is 7.40. The highest BCUT2D eigenvalue weighted by Crippen LogP contribution is 2.34. The van der Waals surface area contributed by atoms with Crippen LogP contribution in [0.15, 0.2) is 76.5 Å². The minimum Gasteiger partial charge on any atom is -0.336 e. The van der Waals surface area contributed by atoms with Crippen molar-refractivity contribution in [3.05, 3.63) is 116 Å². The Bertz CT molecular complexity index is 2460. The number of carbonyl (C=O) groups is 1. The average molecular weight is 696 g/mol. The molecule has 0 radical (unpaired) electrons. The number of alkyl halides is 3. The minimum absolute atomic E-state index is 0.0197. The Labute approximate surface area is 303 Å². The molecule has 1 aromatic heterocycles. The first-order chi connectivity index (χ1) is 28.7. The third-order valence-corrected chi connectivity index (χ3v) is 8.19. The van der Waals surface area contributed by atoms with Crippen molar-refractivity contribution in [3.63, 3.8) is 0 Å². The number of fused-ring (bicyclic) bond motifs is 1. The molecule has 0 atom stereocenters. The van der Waals surface area contributed by atoms with E-state index in [-0.39, 0.29) is 41.4 Å². The molecule has 48 heavy (non-hydrogen) atoms. The molecule has 6 nitrogen and oxygen atoms in total. The van der Waals surface area contributed by atoms with Crippen molar-refractivity contribution in [2.24, 2.45) is 0 Å². The lowest BCUT2D eigenvalue weighted by Crippen LogP contribution is -2.40. The Morgan fingerprint density at radius 3 is 2.35 bits per heavy atom. The predicted octanol–water partition coefficient (Wildman–Crippen LogP) is 7.53. The van der Waals surface area contributed by atoms with Gasteiger partial charge in [0.1, 0.15) is 12.3 Å². The number of rotatable bonds is 13. The van der Waals surface area contributed by atoms with E-state index in [9.17, 15) is 29.9 Å². The highest BCUT2D eigenvalue weighted by Gasteiger charge is 2.32. The van der Waals surface area contributed by atoms with Gasteiger partial charge in [0, 0.05) is 44.8 Å². The number of amides is 1. The molecule has 1 amide bonds. The van der Waals surface area contributed by atoms with Crippen LogP contribution < -0.4 is 5.56 Å². The quantitative estimate of drug-likeness (QED) is 0.0823. The summed E-state index contributed by atoms with van der Waals surface area (Å²) in [6.07, 6.45) is -4.71. The molecule has 4 aromatic rings. The number of thioether (sulfide) groups is 1. The lowest BCUT2D eigenvalue weighted by atomic mass is 9.98. The van der Waals surface area contributed by atoms with Gasteiger partial charge in [-0.15, -0.1) is 0 Å². The topological polar surface area (TPSA) is 58.4 Å². The number of hydrogen-bond acceptors (Lipinski definition) is 5. The number of carbonyl (C=O) groups excluding carboxylic acids is 1. The molecule has 254 valence electrons. The fourth-order valence-electron chi connectivity index (χ4n) is 4.95. The van der Waals surface area contributed by atoms with Gasteiger partial charge in [-0.25, -0.2) is 4.39 Å². The van der Waals surface area contributed by atoms with E-state index in [1.54, 1.807) is 0 Å². The van der Waals surface area contributed by atoms with Crippen molar-refractivity contribution in [2.75, 3.05) is 26.1 Å². The number of hydrogen-bond donors (Lipinski definition) is 0. The zero-order chi connectivity index (χ0) is 47.7. The Kier molecular flexibility index (Phi) is 6.63. The summed E-state index contributed by atoms with van der Waals surface area (Å²) in [5, 5.41) is -0.615. The first-order valence-electron chi connectivity index (χ1n) is 22.2. The van der Waals surface area contributed by atoms with Gasteiger partial charge in [-0.1, -0.05) is 74.0 Å². The molecule has 0 fully saturated rings. The maximum Gasteiger partial charge on any atom is 0.416 e. The number of halogens is 4. The Morgan fingerprint density at radius 1 is 1.00 bits per heavy atom. The molecule has 0 aliphatic heterocycles. The summed E-state index contributed by atoms with van der Waals surface area (Å²) in [6.45, 7) is -7.71. The average Bonchev–Trinajstić information content (AvgIpc) is 3.64. The molecule has 0 saturated carbocycles.